The number of carbonyl (C=O) groups excluding carboxylic acids is 2. The van der Waals surface area contributed by atoms with Gasteiger partial charge in [0, 0.05) is 64.5 Å². The number of nitrogens with zero attached hydrogens (tertiary/aromatic N) is 8. The molecule has 6 heterocycles. The van der Waals surface area contributed by atoms with Gasteiger partial charge in [-0.25, -0.2) is 9.88 Å². The maximum Gasteiger partial charge on any atom is 0.272 e. The van der Waals surface area contributed by atoms with Gasteiger partial charge in [0.15, 0.2) is 0 Å². The van der Waals surface area contributed by atoms with Gasteiger partial charge in [0.25, 0.3) is 23.6 Å². The zero-order chi connectivity index (χ0) is 39.2. The second-order valence-corrected chi connectivity index (χ2v) is 14.0. The van der Waals surface area contributed by atoms with E-state index in [1.54, 1.807) is 35.0 Å². The van der Waals surface area contributed by atoms with Crippen LogP contribution >= 0.6 is 0 Å². The number of benzene rings is 1. The van der Waals surface area contributed by atoms with E-state index >= 15 is 0 Å². The first kappa shape index (κ1) is 37.2. The van der Waals surface area contributed by atoms with E-state index < -0.39 is 11.8 Å². The number of nitrogens with one attached hydrogen (secondary N) is 3. The van der Waals surface area contributed by atoms with Crippen molar-refractivity contribution in [2.45, 2.75) is 37.8 Å². The third kappa shape index (κ3) is 6.79. The van der Waals surface area contributed by atoms with Crippen LogP contribution in [-0.2, 0) is 17.8 Å². The number of pyridine rings is 1. The van der Waals surface area contributed by atoms with E-state index in [1.165, 1.54) is 31.2 Å². The predicted octanol–water partition coefficient (Wildman–Crippen LogP) is 1.33. The molecule has 7 rings (SSSR count). The molecule has 2 amide bonds. The highest BCUT2D eigenvalue weighted by Crippen LogP contribution is 2.49. The molecule has 0 bridgehead atoms. The standard InChI is InChI=1S/C37H47N13O5/c1-21-32-24(17-41-50(32)22-18-49(19-22)37(53,54)29-13-9-12-26(43-29)36(52)48-14-6-7-15-48)23-10-8-11-25(33(23)47(21)4)42-27(31(39)34(51)40-2)16-30(38)44-28-20-46(3)45-35(28)55-5/h8-13,16-17,20-22,42,44,53-54H,6-7,14-15,18-19,38-39H2,1-5H3,(H,40,51)/b30-16+,31-27+. The number of likely N-dealkylation sites (tertiary alicyclic amines) is 2. The van der Waals surface area contributed by atoms with Crippen molar-refractivity contribution in [2.75, 3.05) is 62.9 Å². The number of aliphatic hydroxyl groups is 2. The molecule has 3 aliphatic rings. The van der Waals surface area contributed by atoms with Gasteiger partial charge < -0.3 is 52.2 Å². The number of aromatic nitrogens is 5. The molecule has 2 fully saturated rings. The van der Waals surface area contributed by atoms with Gasteiger partial charge >= 0.3 is 0 Å². The molecule has 18 heteroatoms. The van der Waals surface area contributed by atoms with E-state index in [2.05, 4.69) is 37.9 Å². The molecule has 0 spiro atoms. The quantitative estimate of drug-likeness (QED) is 0.0651. The first-order valence-electron chi connectivity index (χ1n) is 18.0. The average molecular weight is 754 g/mol. The number of allylic oxidation sites excluding steroid dienone is 1. The summed E-state index contributed by atoms with van der Waals surface area (Å²) < 4.78 is 8.86. The Morgan fingerprint density at radius 3 is 2.45 bits per heavy atom. The number of para-hydroxylation sites is 1. The highest BCUT2D eigenvalue weighted by atomic mass is 16.5. The van der Waals surface area contributed by atoms with E-state index in [0.717, 1.165) is 35.3 Å². The Hall–Kier alpha value is -6.11. The van der Waals surface area contributed by atoms with Crippen LogP contribution in [0, 0.1) is 0 Å². The minimum Gasteiger partial charge on any atom is -0.478 e. The first-order chi connectivity index (χ1) is 26.3. The zero-order valence-electron chi connectivity index (χ0n) is 31.4. The molecule has 1 aromatic carbocycles. The number of ether oxygens (including phenoxy) is 1. The molecule has 0 radical (unpaired) electrons. The van der Waals surface area contributed by atoms with Crippen molar-refractivity contribution in [3.8, 4) is 17.0 Å². The summed E-state index contributed by atoms with van der Waals surface area (Å²) in [4.78, 5) is 35.5. The molecule has 3 aliphatic heterocycles. The maximum atomic E-state index is 13.0. The van der Waals surface area contributed by atoms with Crippen LogP contribution in [0.5, 0.6) is 5.88 Å². The molecule has 0 saturated carbocycles. The summed E-state index contributed by atoms with van der Waals surface area (Å²) in [5, 5.41) is 40.6. The molecule has 55 heavy (non-hydrogen) atoms. The molecule has 3 aromatic heterocycles. The lowest BCUT2D eigenvalue weighted by molar-refractivity contribution is -0.302. The summed E-state index contributed by atoms with van der Waals surface area (Å²) in [7, 11) is 6.73. The highest BCUT2D eigenvalue weighted by molar-refractivity contribution is 5.96. The third-order valence-corrected chi connectivity index (χ3v) is 10.4. The van der Waals surface area contributed by atoms with E-state index in [4.69, 9.17) is 21.3 Å². The van der Waals surface area contributed by atoms with Crippen molar-refractivity contribution in [3.05, 3.63) is 89.2 Å². The van der Waals surface area contributed by atoms with Gasteiger partial charge in [-0.05, 0) is 38.0 Å². The topological polar surface area (TPSA) is 230 Å². The van der Waals surface area contributed by atoms with Crippen LogP contribution in [0.2, 0.25) is 0 Å². The van der Waals surface area contributed by atoms with Crippen LogP contribution in [0.1, 0.15) is 53.7 Å². The van der Waals surface area contributed by atoms with E-state index in [0.29, 0.717) is 30.3 Å². The number of nitrogens with two attached hydrogens (primary N) is 2. The molecule has 290 valence electrons. The number of aryl methyl sites for hydroxylation is 1. The van der Waals surface area contributed by atoms with Gasteiger partial charge in [-0.1, -0.05) is 18.2 Å². The monoisotopic (exact) mass is 753 g/mol. The fraction of sp³-hybridized carbons (Fsp3) is 0.378. The summed E-state index contributed by atoms with van der Waals surface area (Å²) in [6.45, 7) is 3.99. The number of hydrogen-bond donors (Lipinski definition) is 7. The van der Waals surface area contributed by atoms with Crippen LogP contribution in [-0.4, -0.2) is 104 Å². The minimum atomic E-state index is -2.38. The number of rotatable bonds is 11. The SMILES string of the molecule is CNC(=O)/C(N)=C(/C=C(\N)Nc1cn(C)nc1OC)Nc1cccc2c1N(C)C(C)c1c-2cnn1C1CN(C(O)(O)c2cccc(C(=O)N3CCCC3)n2)C1. The minimum absolute atomic E-state index is 0.00444. The first-order valence-corrected chi connectivity index (χ1v) is 18.0. The van der Waals surface area contributed by atoms with E-state index in [9.17, 15) is 19.8 Å². The van der Waals surface area contributed by atoms with Crippen molar-refractivity contribution in [3.63, 3.8) is 0 Å². The second kappa shape index (κ2) is 14.6. The molecule has 18 nitrogen and oxygen atoms in total. The Morgan fingerprint density at radius 2 is 1.75 bits per heavy atom. The number of anilines is 3. The Morgan fingerprint density at radius 1 is 1.02 bits per heavy atom. The lowest BCUT2D eigenvalue weighted by atomic mass is 9.93. The Labute approximate surface area is 318 Å². The van der Waals surface area contributed by atoms with Crippen LogP contribution in [0.4, 0.5) is 17.1 Å². The largest absolute Gasteiger partial charge is 0.478 e. The van der Waals surface area contributed by atoms with Crippen molar-refractivity contribution in [1.29, 1.82) is 0 Å². The lowest BCUT2D eigenvalue weighted by Crippen LogP contribution is -2.59. The average Bonchev–Trinajstić information content (AvgIpc) is 3.93. The van der Waals surface area contributed by atoms with Crippen molar-refractivity contribution >= 4 is 28.9 Å². The van der Waals surface area contributed by atoms with Crippen LogP contribution < -0.4 is 37.1 Å². The van der Waals surface area contributed by atoms with Gasteiger partial charge in [0.1, 0.15) is 28.6 Å². The number of carbonyl (C=O) groups is 2. The molecular formula is C37H47N13O5. The second-order valence-electron chi connectivity index (χ2n) is 14.0. The summed E-state index contributed by atoms with van der Waals surface area (Å²) in [5.74, 6) is -2.56. The van der Waals surface area contributed by atoms with Gasteiger partial charge in [-0.15, -0.1) is 5.10 Å². The summed E-state index contributed by atoms with van der Waals surface area (Å²) >= 11 is 0. The fourth-order valence-electron chi connectivity index (χ4n) is 7.39. The molecule has 1 atom stereocenters. The van der Waals surface area contributed by atoms with Crippen LogP contribution in [0.25, 0.3) is 11.1 Å². The van der Waals surface area contributed by atoms with Gasteiger partial charge in [0.05, 0.1) is 54.4 Å². The highest BCUT2D eigenvalue weighted by Gasteiger charge is 2.46. The Kier molecular flexibility index (Phi) is 9.89. The molecule has 9 N–H and O–H groups in total. The van der Waals surface area contributed by atoms with E-state index in [1.807, 2.05) is 36.1 Å². The summed E-state index contributed by atoms with van der Waals surface area (Å²) in [5.41, 5.74) is 18.0. The van der Waals surface area contributed by atoms with E-state index in [-0.39, 0.29) is 59.7 Å². The van der Waals surface area contributed by atoms with Gasteiger partial charge in [0.2, 0.25) is 0 Å². The fourth-order valence-corrected chi connectivity index (χ4v) is 7.39. The third-order valence-electron chi connectivity index (χ3n) is 10.4. The lowest BCUT2D eigenvalue weighted by Gasteiger charge is -2.47. The molecule has 2 saturated heterocycles. The summed E-state index contributed by atoms with van der Waals surface area (Å²) in [6.07, 6.45) is 6.96. The molecule has 4 aromatic rings. The van der Waals surface area contributed by atoms with Crippen LogP contribution in [0.15, 0.2) is 72.1 Å². The molecular weight excluding hydrogens is 706 g/mol. The molecule has 1 unspecified atom stereocenters. The van der Waals surface area contributed by atoms with Gasteiger partial charge in [-0.2, -0.15) is 5.10 Å². The van der Waals surface area contributed by atoms with Crippen molar-refractivity contribution < 1.29 is 24.5 Å². The van der Waals surface area contributed by atoms with Gasteiger partial charge in [-0.3, -0.25) is 19.0 Å². The number of hydrogen-bond acceptors (Lipinski definition) is 14. The number of fused-ring (bicyclic) bond motifs is 3. The van der Waals surface area contributed by atoms with Crippen molar-refractivity contribution in [1.82, 2.24) is 39.7 Å². The molecule has 0 aliphatic carbocycles. The Bertz CT molecular complexity index is 2180. The number of likely N-dealkylation sites (N-methyl/N-ethyl adjacent to an activating group) is 1. The smallest absolute Gasteiger partial charge is 0.272 e. The normalized spacial score (nSPS) is 17.9. The van der Waals surface area contributed by atoms with Crippen LogP contribution in [0.3, 0.4) is 0 Å². The van der Waals surface area contributed by atoms with Crippen molar-refractivity contribution in [2.24, 2.45) is 18.5 Å². The maximum absolute atomic E-state index is 13.0. The number of methoxy groups -OCH3 is 1. The predicted molar refractivity (Wildman–Crippen MR) is 205 cm³/mol. The number of amides is 2. The zero-order valence-corrected chi connectivity index (χ0v) is 31.4. The Balaban J connectivity index is 1.13. The summed E-state index contributed by atoms with van der Waals surface area (Å²) in [6, 6.07) is 10.2.